The minimum absolute atomic E-state index is 0.0414. The summed E-state index contributed by atoms with van der Waals surface area (Å²) in [5.41, 5.74) is 4.46. The lowest BCUT2D eigenvalue weighted by Crippen LogP contribution is -2.32. The van der Waals surface area contributed by atoms with Gasteiger partial charge in [-0.05, 0) is 66.9 Å². The van der Waals surface area contributed by atoms with Gasteiger partial charge in [0.2, 0.25) is 0 Å². The highest BCUT2D eigenvalue weighted by Gasteiger charge is 2.32. The van der Waals surface area contributed by atoms with Crippen LogP contribution in [0.2, 0.25) is 0 Å². The summed E-state index contributed by atoms with van der Waals surface area (Å²) in [5, 5.41) is 20.0. The summed E-state index contributed by atoms with van der Waals surface area (Å²) < 4.78 is 1.07. The Balaban J connectivity index is 1.24. The predicted molar refractivity (Wildman–Crippen MR) is 145 cm³/mol. The molecule has 1 saturated heterocycles. The highest BCUT2D eigenvalue weighted by molar-refractivity contribution is 7.80. The van der Waals surface area contributed by atoms with E-state index in [1.807, 2.05) is 43.3 Å². The van der Waals surface area contributed by atoms with Crippen molar-refractivity contribution in [1.29, 1.82) is 0 Å². The van der Waals surface area contributed by atoms with Crippen LogP contribution in [0, 0.1) is 6.92 Å². The minimum Gasteiger partial charge on any atom is -0.506 e. The van der Waals surface area contributed by atoms with Crippen LogP contribution < -0.4 is 0 Å². The Bertz CT molecular complexity index is 1580. The molecule has 1 aliphatic heterocycles. The summed E-state index contributed by atoms with van der Waals surface area (Å²) in [6, 6.07) is 16.3. The number of rotatable bonds is 7. The summed E-state index contributed by atoms with van der Waals surface area (Å²) in [5.74, 6) is -1.80. The van der Waals surface area contributed by atoms with Crippen LogP contribution in [0.5, 0.6) is 5.75 Å². The molecular formula is C27H22N4O5S2. The SMILES string of the molecule is Cc1ccc2sc(-c3ccc(N=Nc4cc(CCC(=O)ON5C(=O)CCC5=O)ccc4O)cc3)nc2c1S. The number of hydrogen-bond donors (Lipinski definition) is 2. The molecule has 0 aliphatic carbocycles. The summed E-state index contributed by atoms with van der Waals surface area (Å²) in [7, 11) is 0. The molecule has 1 fully saturated rings. The second kappa shape index (κ2) is 10.7. The molecular weight excluding hydrogens is 524 g/mol. The van der Waals surface area contributed by atoms with Gasteiger partial charge in [0.15, 0.2) is 0 Å². The van der Waals surface area contributed by atoms with Gasteiger partial charge in [-0.1, -0.05) is 12.1 Å². The molecule has 0 unspecified atom stereocenters. The van der Waals surface area contributed by atoms with Crippen LogP contribution in [-0.2, 0) is 25.6 Å². The largest absolute Gasteiger partial charge is 0.506 e. The van der Waals surface area contributed by atoms with Crippen LogP contribution in [0.1, 0.15) is 30.4 Å². The molecule has 38 heavy (non-hydrogen) atoms. The van der Waals surface area contributed by atoms with Gasteiger partial charge < -0.3 is 9.94 Å². The van der Waals surface area contributed by atoms with Crippen molar-refractivity contribution in [3.8, 4) is 16.3 Å². The lowest BCUT2D eigenvalue weighted by molar-refractivity contribution is -0.197. The monoisotopic (exact) mass is 546 g/mol. The number of carbonyl (C=O) groups excluding carboxylic acids is 3. The van der Waals surface area contributed by atoms with Crippen molar-refractivity contribution in [3.63, 3.8) is 0 Å². The zero-order valence-corrected chi connectivity index (χ0v) is 22.0. The van der Waals surface area contributed by atoms with Gasteiger partial charge in [-0.15, -0.1) is 34.1 Å². The van der Waals surface area contributed by atoms with Crippen LogP contribution in [0.25, 0.3) is 20.8 Å². The van der Waals surface area contributed by atoms with Crippen LogP contribution in [0.3, 0.4) is 0 Å². The van der Waals surface area contributed by atoms with E-state index in [0.717, 1.165) is 31.2 Å². The zero-order chi connectivity index (χ0) is 26.8. The molecule has 4 aromatic rings. The Morgan fingerprint density at radius 3 is 2.55 bits per heavy atom. The Kier molecular flexibility index (Phi) is 7.21. The third kappa shape index (κ3) is 5.43. The summed E-state index contributed by atoms with van der Waals surface area (Å²) >= 11 is 6.18. The fourth-order valence-electron chi connectivity index (χ4n) is 3.84. The topological polar surface area (TPSA) is 122 Å². The molecule has 9 nitrogen and oxygen atoms in total. The van der Waals surface area contributed by atoms with E-state index in [1.54, 1.807) is 23.5 Å². The number of amides is 2. The molecule has 5 rings (SSSR count). The molecule has 1 aliphatic rings. The number of hydrogen-bond acceptors (Lipinski definition) is 10. The van der Waals surface area contributed by atoms with Crippen LogP contribution in [0.4, 0.5) is 11.4 Å². The molecule has 0 saturated carbocycles. The maximum absolute atomic E-state index is 12.1. The molecule has 1 aromatic heterocycles. The van der Waals surface area contributed by atoms with Crippen molar-refractivity contribution in [2.75, 3.05) is 0 Å². The maximum atomic E-state index is 12.1. The number of thiol groups is 1. The van der Waals surface area contributed by atoms with Gasteiger partial charge in [-0.3, -0.25) is 9.59 Å². The first-order valence-electron chi connectivity index (χ1n) is 11.8. The number of fused-ring (bicyclic) bond motifs is 1. The maximum Gasteiger partial charge on any atom is 0.333 e. The fraction of sp³-hybridized carbons (Fsp3) is 0.185. The average Bonchev–Trinajstić information content (AvgIpc) is 3.49. The van der Waals surface area contributed by atoms with Crippen molar-refractivity contribution in [2.24, 2.45) is 10.2 Å². The van der Waals surface area contributed by atoms with E-state index in [4.69, 9.17) is 9.82 Å². The number of nitrogens with zero attached hydrogens (tertiary/aromatic N) is 4. The van der Waals surface area contributed by atoms with Gasteiger partial charge in [0, 0.05) is 23.3 Å². The number of imide groups is 1. The number of thiazole rings is 1. The number of hydroxylamine groups is 2. The number of aromatic hydroxyl groups is 1. The molecule has 192 valence electrons. The van der Waals surface area contributed by atoms with E-state index >= 15 is 0 Å². The molecule has 2 amide bonds. The predicted octanol–water partition coefficient (Wildman–Crippen LogP) is 6.22. The Morgan fingerprint density at radius 1 is 1.08 bits per heavy atom. The smallest absolute Gasteiger partial charge is 0.333 e. The van der Waals surface area contributed by atoms with Gasteiger partial charge >= 0.3 is 5.97 Å². The molecule has 3 aromatic carbocycles. The van der Waals surface area contributed by atoms with Gasteiger partial charge in [0.1, 0.15) is 16.4 Å². The van der Waals surface area contributed by atoms with Gasteiger partial charge in [-0.25, -0.2) is 9.78 Å². The lowest BCUT2D eigenvalue weighted by atomic mass is 10.1. The standard InChI is InChI=1S/C27H22N4O5S2/c1-15-2-10-21-25(26(15)37)28-27(38-21)17-5-7-18(8-6-17)29-30-19-14-16(3-9-20(19)32)4-13-24(35)36-31-22(33)11-12-23(31)34/h2-3,5-10,14,32,37H,4,11-13H2,1H3. The van der Waals surface area contributed by atoms with E-state index in [1.165, 1.54) is 6.07 Å². The van der Waals surface area contributed by atoms with E-state index in [9.17, 15) is 19.5 Å². The van der Waals surface area contributed by atoms with Crippen LogP contribution in [-0.4, -0.2) is 32.9 Å². The second-order valence-electron chi connectivity index (χ2n) is 8.71. The normalized spacial score (nSPS) is 13.7. The number of benzene rings is 3. The van der Waals surface area contributed by atoms with Gasteiger partial charge in [0.05, 0.1) is 22.3 Å². The van der Waals surface area contributed by atoms with Crippen molar-refractivity contribution in [3.05, 3.63) is 65.7 Å². The molecule has 11 heteroatoms. The number of aromatic nitrogens is 1. The van der Waals surface area contributed by atoms with E-state index in [2.05, 4.69) is 22.9 Å². The third-order valence-corrected chi connectivity index (χ3v) is 7.61. The number of aryl methyl sites for hydroxylation is 2. The highest BCUT2D eigenvalue weighted by Crippen LogP contribution is 2.35. The Morgan fingerprint density at radius 2 is 1.82 bits per heavy atom. The minimum atomic E-state index is -0.696. The third-order valence-electron chi connectivity index (χ3n) is 5.98. The molecule has 0 atom stereocenters. The summed E-state index contributed by atoms with van der Waals surface area (Å²) in [6.07, 6.45) is 0.293. The zero-order valence-electron chi connectivity index (χ0n) is 20.2. The number of phenolic OH excluding ortho intramolecular Hbond substituents is 1. The van der Waals surface area contributed by atoms with Crippen LogP contribution in [0.15, 0.2) is 69.7 Å². The van der Waals surface area contributed by atoms with Gasteiger partial charge in [0.25, 0.3) is 11.8 Å². The summed E-state index contributed by atoms with van der Waals surface area (Å²) in [6.45, 7) is 2.00. The quantitative estimate of drug-likeness (QED) is 0.161. The van der Waals surface area contributed by atoms with Crippen LogP contribution >= 0.6 is 24.0 Å². The molecule has 0 spiro atoms. The second-order valence-corrected chi connectivity index (χ2v) is 10.2. The molecule has 0 bridgehead atoms. The average molecular weight is 547 g/mol. The summed E-state index contributed by atoms with van der Waals surface area (Å²) in [4.78, 5) is 45.8. The van der Waals surface area contributed by atoms with Crippen molar-refractivity contribution < 1.29 is 24.3 Å². The van der Waals surface area contributed by atoms with E-state index in [-0.39, 0.29) is 37.1 Å². The first-order valence-corrected chi connectivity index (χ1v) is 13.0. The fourth-order valence-corrected chi connectivity index (χ4v) is 5.14. The van der Waals surface area contributed by atoms with Crippen molar-refractivity contribution >= 4 is 63.3 Å². The first-order chi connectivity index (χ1) is 18.3. The number of carbonyl (C=O) groups is 3. The van der Waals surface area contributed by atoms with E-state index in [0.29, 0.717) is 16.3 Å². The van der Waals surface area contributed by atoms with Crippen molar-refractivity contribution in [1.82, 2.24) is 10.0 Å². The Hall–Kier alpha value is -4.09. The highest BCUT2D eigenvalue weighted by atomic mass is 32.1. The van der Waals surface area contributed by atoms with Gasteiger partial charge in [-0.2, -0.15) is 5.11 Å². The molecule has 0 radical (unpaired) electrons. The number of phenols is 1. The first kappa shape index (κ1) is 25.6. The van der Waals surface area contributed by atoms with E-state index < -0.39 is 17.8 Å². The van der Waals surface area contributed by atoms with Crippen molar-refractivity contribution in [2.45, 2.75) is 37.5 Å². The lowest BCUT2D eigenvalue weighted by Gasteiger charge is -2.12. The molecule has 2 heterocycles. The Labute approximate surface area is 227 Å². The number of azo groups is 1. The molecule has 1 N–H and O–H groups in total.